The van der Waals surface area contributed by atoms with Gasteiger partial charge in [0.1, 0.15) is 17.3 Å². The summed E-state index contributed by atoms with van der Waals surface area (Å²) in [4.78, 5) is 0. The van der Waals surface area contributed by atoms with Gasteiger partial charge < -0.3 is 9.47 Å². The van der Waals surface area contributed by atoms with Gasteiger partial charge in [-0.05, 0) is 79.5 Å². The van der Waals surface area contributed by atoms with Crippen LogP contribution in [0, 0.1) is 11.7 Å². The Balaban J connectivity index is 1.64. The van der Waals surface area contributed by atoms with E-state index < -0.39 is 35.4 Å². The Bertz CT molecular complexity index is 871. The number of rotatable bonds is 8. The molecule has 176 valence electrons. The van der Waals surface area contributed by atoms with Crippen molar-refractivity contribution in [2.75, 3.05) is 0 Å². The molecule has 0 unspecified atom stereocenters. The highest BCUT2D eigenvalue weighted by molar-refractivity contribution is 5.34. The third-order valence-corrected chi connectivity index (χ3v) is 5.89. The van der Waals surface area contributed by atoms with Crippen LogP contribution in [0.5, 0.6) is 11.5 Å². The predicted molar refractivity (Wildman–Crippen MR) is 108 cm³/mol. The van der Waals surface area contributed by atoms with Crippen LogP contribution in [0.2, 0.25) is 0 Å². The Hall–Kier alpha value is -2.38. The van der Waals surface area contributed by atoms with Crippen LogP contribution < -0.4 is 9.47 Å². The highest BCUT2D eigenvalue weighted by Crippen LogP contribution is 2.40. The fourth-order valence-corrected chi connectivity index (χ4v) is 4.21. The molecule has 1 saturated carbocycles. The lowest BCUT2D eigenvalue weighted by Crippen LogP contribution is -2.24. The van der Waals surface area contributed by atoms with Gasteiger partial charge >= 0.3 is 12.5 Å². The number of ether oxygens (including phenoxy) is 2. The molecule has 2 aromatic carbocycles. The van der Waals surface area contributed by atoms with Crippen LogP contribution in [-0.4, -0.2) is 6.36 Å². The number of benzene rings is 2. The zero-order valence-electron chi connectivity index (χ0n) is 17.7. The summed E-state index contributed by atoms with van der Waals surface area (Å²) in [6.45, 7) is 2.16. The maximum atomic E-state index is 14.6. The summed E-state index contributed by atoms with van der Waals surface area (Å²) in [7, 11) is 0. The van der Waals surface area contributed by atoms with E-state index in [9.17, 15) is 26.3 Å². The molecular formula is C24H26F6O2. The zero-order valence-corrected chi connectivity index (χ0v) is 17.7. The number of alkyl halides is 5. The van der Waals surface area contributed by atoms with Crippen molar-refractivity contribution in [3.05, 3.63) is 59.4 Å². The fraction of sp³-hybridized carbons (Fsp3) is 0.500. The van der Waals surface area contributed by atoms with Gasteiger partial charge in [0.2, 0.25) is 0 Å². The molecule has 0 N–H and O–H groups in total. The second kappa shape index (κ2) is 10.0. The Labute approximate surface area is 183 Å². The molecule has 0 bridgehead atoms. The standard InChI is InChI=1S/C24H26F6O2/c1-2-3-4-16-5-7-17(8-6-16)18-9-14-21(22(25)15-18)23(26,27)31-19-10-12-20(13-11-19)32-24(28,29)30/h9-17H,2-8H2,1H3. The van der Waals surface area contributed by atoms with Gasteiger partial charge in [0.15, 0.2) is 0 Å². The largest absolute Gasteiger partial charge is 0.573 e. The van der Waals surface area contributed by atoms with E-state index >= 15 is 0 Å². The smallest absolute Gasteiger partial charge is 0.429 e. The van der Waals surface area contributed by atoms with Crippen molar-refractivity contribution >= 4 is 0 Å². The summed E-state index contributed by atoms with van der Waals surface area (Å²) < 4.78 is 88.5. The second-order valence-corrected chi connectivity index (χ2v) is 8.24. The lowest BCUT2D eigenvalue weighted by molar-refractivity contribution is -0.274. The summed E-state index contributed by atoms with van der Waals surface area (Å²) in [6.07, 6.45) is -1.40. The maximum absolute atomic E-state index is 14.6. The molecule has 32 heavy (non-hydrogen) atoms. The molecule has 1 aliphatic rings. The van der Waals surface area contributed by atoms with E-state index in [1.807, 2.05) is 0 Å². The van der Waals surface area contributed by atoms with Gasteiger partial charge in [0.25, 0.3) is 0 Å². The number of hydrogen-bond donors (Lipinski definition) is 0. The van der Waals surface area contributed by atoms with Crippen LogP contribution in [0.15, 0.2) is 42.5 Å². The summed E-state index contributed by atoms with van der Waals surface area (Å²) in [5.74, 6) is -1.24. The van der Waals surface area contributed by atoms with Gasteiger partial charge in [0, 0.05) is 0 Å². The van der Waals surface area contributed by atoms with Crippen LogP contribution in [0.3, 0.4) is 0 Å². The Morgan fingerprint density at radius 3 is 1.97 bits per heavy atom. The average molecular weight is 460 g/mol. The highest BCUT2D eigenvalue weighted by atomic mass is 19.4. The minimum absolute atomic E-state index is 0.146. The highest BCUT2D eigenvalue weighted by Gasteiger charge is 2.38. The Morgan fingerprint density at radius 2 is 1.44 bits per heavy atom. The average Bonchev–Trinajstić information content (AvgIpc) is 2.72. The third-order valence-electron chi connectivity index (χ3n) is 5.89. The normalized spacial score (nSPS) is 19.6. The first-order valence-corrected chi connectivity index (χ1v) is 10.8. The van der Waals surface area contributed by atoms with Gasteiger partial charge in [-0.25, -0.2) is 4.39 Å². The first-order chi connectivity index (χ1) is 15.1. The first kappa shape index (κ1) is 24.3. The predicted octanol–water partition coefficient (Wildman–Crippen LogP) is 8.32. The quantitative estimate of drug-likeness (QED) is 0.369. The van der Waals surface area contributed by atoms with Crippen molar-refractivity contribution in [3.8, 4) is 11.5 Å². The zero-order chi connectivity index (χ0) is 23.4. The van der Waals surface area contributed by atoms with Crippen molar-refractivity contribution in [1.82, 2.24) is 0 Å². The van der Waals surface area contributed by atoms with Crippen molar-refractivity contribution in [2.45, 2.75) is 70.3 Å². The molecule has 0 atom stereocenters. The SMILES string of the molecule is CCCCC1CCC(c2ccc(C(F)(F)Oc3ccc(OC(F)(F)F)cc3)c(F)c2)CC1. The summed E-state index contributed by atoms with van der Waals surface area (Å²) >= 11 is 0. The van der Waals surface area contributed by atoms with Crippen molar-refractivity contribution in [3.63, 3.8) is 0 Å². The Kier molecular flexibility index (Phi) is 7.62. The molecule has 1 fully saturated rings. The van der Waals surface area contributed by atoms with Gasteiger partial charge in [0.05, 0.1) is 5.56 Å². The van der Waals surface area contributed by atoms with E-state index in [0.29, 0.717) is 11.5 Å². The van der Waals surface area contributed by atoms with E-state index in [4.69, 9.17) is 0 Å². The Morgan fingerprint density at radius 1 is 0.844 bits per heavy atom. The molecule has 0 heterocycles. The second-order valence-electron chi connectivity index (χ2n) is 8.24. The van der Waals surface area contributed by atoms with Gasteiger partial charge in [-0.3, -0.25) is 0 Å². The molecule has 0 spiro atoms. The van der Waals surface area contributed by atoms with Crippen LogP contribution in [0.25, 0.3) is 0 Å². The van der Waals surface area contributed by atoms with Gasteiger partial charge in [-0.1, -0.05) is 32.3 Å². The molecule has 0 aliphatic heterocycles. The topological polar surface area (TPSA) is 18.5 Å². The summed E-state index contributed by atoms with van der Waals surface area (Å²) in [5.41, 5.74) is -0.224. The van der Waals surface area contributed by atoms with Crippen molar-refractivity contribution in [2.24, 2.45) is 5.92 Å². The minimum Gasteiger partial charge on any atom is -0.429 e. The van der Waals surface area contributed by atoms with E-state index in [2.05, 4.69) is 16.4 Å². The molecule has 2 nitrogen and oxygen atoms in total. The molecule has 0 saturated heterocycles. The molecular weight excluding hydrogens is 434 g/mol. The minimum atomic E-state index is -4.90. The monoisotopic (exact) mass is 460 g/mol. The third kappa shape index (κ3) is 6.56. The van der Waals surface area contributed by atoms with E-state index in [-0.39, 0.29) is 5.92 Å². The van der Waals surface area contributed by atoms with Crippen molar-refractivity contribution in [1.29, 1.82) is 0 Å². The molecule has 0 aromatic heterocycles. The van der Waals surface area contributed by atoms with Gasteiger partial charge in [-0.2, -0.15) is 8.78 Å². The molecule has 3 rings (SSSR count). The summed E-state index contributed by atoms with van der Waals surface area (Å²) in [5, 5.41) is 0. The molecule has 0 amide bonds. The van der Waals surface area contributed by atoms with Gasteiger partial charge in [-0.15, -0.1) is 13.2 Å². The lowest BCUT2D eigenvalue weighted by Gasteiger charge is -2.29. The van der Waals surface area contributed by atoms with Crippen molar-refractivity contribution < 1.29 is 35.8 Å². The van der Waals surface area contributed by atoms with Crippen LogP contribution >= 0.6 is 0 Å². The fourth-order valence-electron chi connectivity index (χ4n) is 4.21. The molecule has 0 radical (unpaired) electrons. The molecule has 1 aliphatic carbocycles. The molecule has 2 aromatic rings. The van der Waals surface area contributed by atoms with E-state index in [0.717, 1.165) is 68.5 Å². The maximum Gasteiger partial charge on any atom is 0.573 e. The van der Waals surface area contributed by atoms with E-state index in [1.54, 1.807) is 0 Å². The van der Waals surface area contributed by atoms with Crippen LogP contribution in [-0.2, 0) is 6.11 Å². The number of hydrogen-bond acceptors (Lipinski definition) is 2. The van der Waals surface area contributed by atoms with Crippen LogP contribution in [0.1, 0.15) is 68.9 Å². The number of halogens is 6. The lowest BCUT2D eigenvalue weighted by atomic mass is 9.77. The summed E-state index contributed by atoms with van der Waals surface area (Å²) in [6, 6.07) is 7.16. The van der Waals surface area contributed by atoms with Crippen LogP contribution in [0.4, 0.5) is 26.3 Å². The molecule has 8 heteroatoms. The first-order valence-electron chi connectivity index (χ1n) is 10.8. The number of unbranched alkanes of at least 4 members (excludes halogenated alkanes) is 1. The van der Waals surface area contributed by atoms with E-state index in [1.165, 1.54) is 18.9 Å².